The Morgan fingerprint density at radius 3 is 2.67 bits per heavy atom. The molecule has 1 amide bonds. The highest BCUT2D eigenvalue weighted by atomic mass is 16.5. The fraction of sp³-hybridized carbons (Fsp3) is 0.727. The van der Waals surface area contributed by atoms with Gasteiger partial charge in [-0.3, -0.25) is 10.1 Å². The van der Waals surface area contributed by atoms with Gasteiger partial charge >= 0.3 is 0 Å². The van der Waals surface area contributed by atoms with Gasteiger partial charge in [0.05, 0.1) is 25.3 Å². The maximum absolute atomic E-state index is 11.7. The molecule has 4 nitrogen and oxygen atoms in total. The largest absolute Gasteiger partial charge is 0.378 e. The first-order valence-corrected chi connectivity index (χ1v) is 5.13. The molecule has 84 valence electrons. The van der Waals surface area contributed by atoms with E-state index in [0.29, 0.717) is 26.3 Å². The average Bonchev–Trinajstić information content (AvgIpc) is 2.27. The maximum Gasteiger partial charge on any atom is 0.236 e. The Bertz CT molecular complexity index is 262. The van der Waals surface area contributed by atoms with Gasteiger partial charge in [-0.1, -0.05) is 5.92 Å². The Morgan fingerprint density at radius 2 is 2.13 bits per heavy atom. The van der Waals surface area contributed by atoms with Crippen molar-refractivity contribution >= 4 is 5.91 Å². The lowest BCUT2D eigenvalue weighted by molar-refractivity contribution is -0.134. The van der Waals surface area contributed by atoms with Crippen LogP contribution >= 0.6 is 0 Å². The number of hydrogen-bond donors (Lipinski definition) is 1. The van der Waals surface area contributed by atoms with Crippen LogP contribution in [0.1, 0.15) is 13.8 Å². The molecule has 1 fully saturated rings. The molecule has 1 N–H and O–H groups in total. The molecule has 0 unspecified atom stereocenters. The number of rotatable bonds is 3. The predicted molar refractivity (Wildman–Crippen MR) is 58.3 cm³/mol. The van der Waals surface area contributed by atoms with Crippen molar-refractivity contribution in [2.75, 3.05) is 32.8 Å². The number of morpholine rings is 1. The van der Waals surface area contributed by atoms with Crippen LogP contribution in [0, 0.1) is 12.3 Å². The Hall–Kier alpha value is -1.05. The minimum Gasteiger partial charge on any atom is -0.378 e. The summed E-state index contributed by atoms with van der Waals surface area (Å²) in [6.07, 6.45) is 5.31. The van der Waals surface area contributed by atoms with Crippen LogP contribution in [-0.4, -0.2) is 49.2 Å². The van der Waals surface area contributed by atoms with Crippen molar-refractivity contribution in [2.45, 2.75) is 19.4 Å². The first-order chi connectivity index (χ1) is 7.05. The lowest BCUT2D eigenvalue weighted by atomic mass is 10.1. The summed E-state index contributed by atoms with van der Waals surface area (Å²) in [4.78, 5) is 13.5. The van der Waals surface area contributed by atoms with Crippen molar-refractivity contribution in [1.82, 2.24) is 10.2 Å². The molecule has 0 bridgehead atoms. The topological polar surface area (TPSA) is 41.6 Å². The third-order valence-corrected chi connectivity index (χ3v) is 2.41. The fourth-order valence-corrected chi connectivity index (χ4v) is 1.27. The van der Waals surface area contributed by atoms with Crippen LogP contribution < -0.4 is 5.32 Å². The highest BCUT2D eigenvalue weighted by Gasteiger charge is 2.19. The van der Waals surface area contributed by atoms with Gasteiger partial charge in [-0.05, 0) is 13.8 Å². The van der Waals surface area contributed by atoms with Crippen molar-refractivity contribution in [1.29, 1.82) is 0 Å². The average molecular weight is 210 g/mol. The highest BCUT2D eigenvalue weighted by molar-refractivity contribution is 5.78. The zero-order chi connectivity index (χ0) is 11.3. The first-order valence-electron chi connectivity index (χ1n) is 5.13. The number of carbonyl (C=O) groups is 1. The van der Waals surface area contributed by atoms with Gasteiger partial charge in [0.15, 0.2) is 0 Å². The van der Waals surface area contributed by atoms with E-state index in [1.54, 1.807) is 4.90 Å². The lowest BCUT2D eigenvalue weighted by Gasteiger charge is -2.28. The van der Waals surface area contributed by atoms with Crippen LogP contribution in [0.15, 0.2) is 0 Å². The molecular weight excluding hydrogens is 192 g/mol. The SMILES string of the molecule is C#CC(C)(C)NCC(=O)N1CCOCC1. The molecule has 1 heterocycles. The Balaban J connectivity index is 2.32. The molecule has 0 saturated carbocycles. The van der Waals surface area contributed by atoms with Crippen molar-refractivity contribution in [3.63, 3.8) is 0 Å². The number of nitrogens with zero attached hydrogens (tertiary/aromatic N) is 1. The standard InChI is InChI=1S/C11H18N2O2/c1-4-11(2,3)12-9-10(14)13-5-7-15-8-6-13/h1,12H,5-9H2,2-3H3. The van der Waals surface area contributed by atoms with E-state index in [1.165, 1.54) is 0 Å². The van der Waals surface area contributed by atoms with E-state index in [-0.39, 0.29) is 12.5 Å². The summed E-state index contributed by atoms with van der Waals surface area (Å²) >= 11 is 0. The van der Waals surface area contributed by atoms with Crippen molar-refractivity contribution in [2.24, 2.45) is 0 Å². The smallest absolute Gasteiger partial charge is 0.236 e. The van der Waals surface area contributed by atoms with E-state index in [0.717, 1.165) is 0 Å². The molecule has 1 aliphatic heterocycles. The molecule has 0 radical (unpaired) electrons. The first kappa shape index (κ1) is 12.0. The van der Waals surface area contributed by atoms with Crippen LogP contribution in [0.2, 0.25) is 0 Å². The third kappa shape index (κ3) is 3.90. The van der Waals surface area contributed by atoms with E-state index in [9.17, 15) is 4.79 Å². The number of terminal acetylenes is 1. The summed E-state index contributed by atoms with van der Waals surface area (Å²) < 4.78 is 5.17. The van der Waals surface area contributed by atoms with Gasteiger partial charge in [-0.25, -0.2) is 0 Å². The summed E-state index contributed by atoms with van der Waals surface area (Å²) in [5.74, 6) is 2.68. The molecule has 1 saturated heterocycles. The van der Waals surface area contributed by atoms with Gasteiger partial charge in [0, 0.05) is 13.1 Å². The summed E-state index contributed by atoms with van der Waals surface area (Å²) in [6.45, 7) is 6.65. The van der Waals surface area contributed by atoms with E-state index < -0.39 is 5.54 Å². The second-order valence-corrected chi connectivity index (χ2v) is 4.12. The number of carbonyl (C=O) groups excluding carboxylic acids is 1. The maximum atomic E-state index is 11.7. The zero-order valence-electron chi connectivity index (χ0n) is 9.38. The zero-order valence-corrected chi connectivity index (χ0v) is 9.38. The summed E-state index contributed by atoms with van der Waals surface area (Å²) in [5, 5.41) is 3.04. The number of nitrogens with one attached hydrogen (secondary N) is 1. The normalized spacial score (nSPS) is 17.3. The Morgan fingerprint density at radius 1 is 1.53 bits per heavy atom. The van der Waals surface area contributed by atoms with Crippen LogP contribution in [0.4, 0.5) is 0 Å². The Kier molecular flexibility index (Phi) is 4.13. The molecule has 0 aromatic heterocycles. The molecule has 4 heteroatoms. The van der Waals surface area contributed by atoms with Gasteiger partial charge in [-0.15, -0.1) is 6.42 Å². The van der Waals surface area contributed by atoms with Crippen molar-refractivity contribution < 1.29 is 9.53 Å². The second-order valence-electron chi connectivity index (χ2n) is 4.12. The molecule has 0 atom stereocenters. The number of amides is 1. The van der Waals surface area contributed by atoms with E-state index in [1.807, 2.05) is 13.8 Å². The predicted octanol–water partition coefficient (Wildman–Crippen LogP) is -0.153. The number of ether oxygens (including phenoxy) is 1. The molecule has 1 aliphatic rings. The van der Waals surface area contributed by atoms with Gasteiger partial charge in [-0.2, -0.15) is 0 Å². The quantitative estimate of drug-likeness (QED) is 0.659. The van der Waals surface area contributed by atoms with Crippen molar-refractivity contribution in [3.8, 4) is 12.3 Å². The highest BCUT2D eigenvalue weighted by Crippen LogP contribution is 2.00. The van der Waals surface area contributed by atoms with Crippen LogP contribution in [0.25, 0.3) is 0 Å². The van der Waals surface area contributed by atoms with E-state index >= 15 is 0 Å². The summed E-state index contributed by atoms with van der Waals surface area (Å²) in [5.41, 5.74) is -0.429. The summed E-state index contributed by atoms with van der Waals surface area (Å²) in [7, 11) is 0. The molecule has 0 aromatic rings. The second kappa shape index (κ2) is 5.15. The van der Waals surface area contributed by atoms with Gasteiger partial charge in [0.25, 0.3) is 0 Å². The fourth-order valence-electron chi connectivity index (χ4n) is 1.27. The molecule has 1 rings (SSSR count). The van der Waals surface area contributed by atoms with Crippen LogP contribution in [-0.2, 0) is 9.53 Å². The monoisotopic (exact) mass is 210 g/mol. The van der Waals surface area contributed by atoms with Gasteiger partial charge in [0.1, 0.15) is 0 Å². The molecule has 0 aliphatic carbocycles. The van der Waals surface area contributed by atoms with E-state index in [2.05, 4.69) is 11.2 Å². The van der Waals surface area contributed by atoms with Crippen molar-refractivity contribution in [3.05, 3.63) is 0 Å². The molecule has 0 aromatic carbocycles. The van der Waals surface area contributed by atoms with E-state index in [4.69, 9.17) is 11.2 Å². The van der Waals surface area contributed by atoms with Crippen LogP contribution in [0.5, 0.6) is 0 Å². The lowest BCUT2D eigenvalue weighted by Crippen LogP contribution is -2.48. The molecule has 15 heavy (non-hydrogen) atoms. The molecular formula is C11H18N2O2. The minimum absolute atomic E-state index is 0.0848. The third-order valence-electron chi connectivity index (χ3n) is 2.41. The minimum atomic E-state index is -0.429. The molecule has 0 spiro atoms. The number of hydrogen-bond acceptors (Lipinski definition) is 3. The van der Waals surface area contributed by atoms with Gasteiger partial charge in [0.2, 0.25) is 5.91 Å². The Labute approximate surface area is 91.0 Å². The van der Waals surface area contributed by atoms with Gasteiger partial charge < -0.3 is 9.64 Å². The summed E-state index contributed by atoms with van der Waals surface area (Å²) in [6, 6.07) is 0. The van der Waals surface area contributed by atoms with Crippen LogP contribution in [0.3, 0.4) is 0 Å².